The summed E-state index contributed by atoms with van der Waals surface area (Å²) in [5.74, 6) is -0.793. The first-order valence-electron chi connectivity index (χ1n) is 12.0. The van der Waals surface area contributed by atoms with Gasteiger partial charge in [0.05, 0.1) is 17.4 Å². The summed E-state index contributed by atoms with van der Waals surface area (Å²) in [5.41, 5.74) is 3.13. The van der Waals surface area contributed by atoms with Gasteiger partial charge < -0.3 is 25.8 Å². The van der Waals surface area contributed by atoms with Crippen LogP contribution in [0.5, 0.6) is 0 Å². The number of benzene rings is 1. The molecule has 1 aromatic carbocycles. The van der Waals surface area contributed by atoms with E-state index in [1.54, 1.807) is 30.6 Å². The maximum absolute atomic E-state index is 13.0. The third kappa shape index (κ3) is 6.54. The number of hydrogen-bond donors (Lipinski definition) is 3. The number of alkyl halides is 3. The predicted molar refractivity (Wildman–Crippen MR) is 143 cm³/mol. The van der Waals surface area contributed by atoms with Crippen LogP contribution in [0.15, 0.2) is 61.2 Å². The van der Waals surface area contributed by atoms with E-state index in [1.807, 2.05) is 19.2 Å². The van der Waals surface area contributed by atoms with Gasteiger partial charge in [0.1, 0.15) is 5.82 Å². The zero-order chi connectivity index (χ0) is 27.3. The maximum Gasteiger partial charge on any atom is 0.416 e. The molecular formula is C27H28F3N7O. The number of piperazine rings is 1. The molecule has 0 aliphatic carbocycles. The highest BCUT2D eigenvalue weighted by atomic mass is 19.4. The lowest BCUT2D eigenvalue weighted by molar-refractivity contribution is -0.137. The average Bonchev–Trinajstić information content (AvgIpc) is 2.90. The van der Waals surface area contributed by atoms with Crippen molar-refractivity contribution in [3.05, 3.63) is 83.4 Å². The molecule has 198 valence electrons. The monoisotopic (exact) mass is 523 g/mol. The lowest BCUT2D eigenvalue weighted by Gasteiger charge is -2.34. The molecule has 3 aromatic rings. The molecule has 0 unspecified atom stereocenters. The van der Waals surface area contributed by atoms with E-state index in [0.29, 0.717) is 11.3 Å². The number of allylic oxidation sites excluding steroid dienone is 1. The number of halogens is 3. The number of anilines is 3. The molecule has 2 aromatic heterocycles. The summed E-state index contributed by atoms with van der Waals surface area (Å²) in [4.78, 5) is 25.4. The van der Waals surface area contributed by atoms with Crippen molar-refractivity contribution in [3.63, 3.8) is 0 Å². The Morgan fingerprint density at radius 2 is 1.82 bits per heavy atom. The van der Waals surface area contributed by atoms with Crippen molar-refractivity contribution in [2.24, 2.45) is 0 Å². The maximum atomic E-state index is 13.0. The van der Waals surface area contributed by atoms with Gasteiger partial charge in [0.25, 0.3) is 5.91 Å². The number of rotatable bonds is 7. The van der Waals surface area contributed by atoms with Crippen molar-refractivity contribution >= 4 is 34.9 Å². The molecule has 11 heteroatoms. The zero-order valence-electron chi connectivity index (χ0n) is 21.0. The van der Waals surface area contributed by atoms with E-state index in [-0.39, 0.29) is 11.4 Å². The third-order valence-electron chi connectivity index (χ3n) is 6.29. The minimum absolute atomic E-state index is 0.196. The number of pyridine rings is 2. The fourth-order valence-electron chi connectivity index (χ4n) is 3.97. The standard InChI is InChI=1S/C27H28F3N7O/c1-18-3-4-19(26(38)35-25-13-22(5-6-33-25)27(28,29)30)12-24(18)34-16-21(14-31)20-11-23(17-32-15-20)37-9-7-36(2)8-10-37/h3-6,11-17,31,34H,7-10H2,1-2H3,(H,33,35,38)/b21-16+,31-14?. The molecule has 3 heterocycles. The second-order valence-corrected chi connectivity index (χ2v) is 9.02. The molecule has 0 spiro atoms. The summed E-state index contributed by atoms with van der Waals surface area (Å²) in [7, 11) is 2.09. The normalized spacial score (nSPS) is 14.8. The van der Waals surface area contributed by atoms with Crippen LogP contribution in [-0.2, 0) is 6.18 Å². The van der Waals surface area contributed by atoms with Crippen molar-refractivity contribution in [1.82, 2.24) is 14.9 Å². The topological polar surface area (TPSA) is 97.2 Å². The predicted octanol–water partition coefficient (Wildman–Crippen LogP) is 4.91. The quantitative estimate of drug-likeness (QED) is 0.381. The number of nitrogens with zero attached hydrogens (tertiary/aromatic N) is 4. The first kappa shape index (κ1) is 26.8. The van der Waals surface area contributed by atoms with Crippen molar-refractivity contribution in [3.8, 4) is 0 Å². The summed E-state index contributed by atoms with van der Waals surface area (Å²) >= 11 is 0. The molecule has 3 N–H and O–H groups in total. The van der Waals surface area contributed by atoms with Gasteiger partial charge >= 0.3 is 6.18 Å². The summed E-state index contributed by atoms with van der Waals surface area (Å²) < 4.78 is 38.9. The molecule has 8 nitrogen and oxygen atoms in total. The zero-order valence-corrected chi connectivity index (χ0v) is 21.0. The van der Waals surface area contributed by atoms with Crippen LogP contribution in [0.2, 0.25) is 0 Å². The van der Waals surface area contributed by atoms with Crippen LogP contribution in [0, 0.1) is 12.3 Å². The Bertz CT molecular complexity index is 1350. The van der Waals surface area contributed by atoms with Gasteiger partial charge in [0.2, 0.25) is 0 Å². The fourth-order valence-corrected chi connectivity index (χ4v) is 3.97. The molecule has 4 rings (SSSR count). The van der Waals surface area contributed by atoms with E-state index in [4.69, 9.17) is 5.41 Å². The van der Waals surface area contributed by atoms with Gasteiger partial charge in [-0.3, -0.25) is 9.78 Å². The minimum Gasteiger partial charge on any atom is -0.368 e. The smallest absolute Gasteiger partial charge is 0.368 e. The molecule has 1 aliphatic rings. The van der Waals surface area contributed by atoms with Gasteiger partial charge in [-0.2, -0.15) is 13.2 Å². The Hall–Kier alpha value is -4.25. The van der Waals surface area contributed by atoms with Crippen LogP contribution in [0.25, 0.3) is 5.57 Å². The molecule has 0 atom stereocenters. The third-order valence-corrected chi connectivity index (χ3v) is 6.29. The largest absolute Gasteiger partial charge is 0.416 e. The molecule has 38 heavy (non-hydrogen) atoms. The van der Waals surface area contributed by atoms with Crippen LogP contribution < -0.4 is 15.5 Å². The van der Waals surface area contributed by atoms with Crippen LogP contribution in [0.4, 0.5) is 30.4 Å². The highest BCUT2D eigenvalue weighted by Gasteiger charge is 2.31. The van der Waals surface area contributed by atoms with E-state index in [2.05, 4.69) is 37.4 Å². The Morgan fingerprint density at radius 1 is 1.05 bits per heavy atom. The second kappa shape index (κ2) is 11.4. The number of carbonyl (C=O) groups excluding carboxylic acids is 1. The Balaban J connectivity index is 1.50. The van der Waals surface area contributed by atoms with Crippen LogP contribution in [-0.4, -0.2) is 60.2 Å². The number of likely N-dealkylation sites (N-methyl/N-ethyl adjacent to an activating group) is 1. The highest BCUT2D eigenvalue weighted by Crippen LogP contribution is 2.30. The highest BCUT2D eigenvalue weighted by molar-refractivity contribution is 6.09. The van der Waals surface area contributed by atoms with Crippen molar-refractivity contribution in [2.45, 2.75) is 13.1 Å². The number of amides is 1. The van der Waals surface area contributed by atoms with Crippen LogP contribution in [0.3, 0.4) is 0 Å². The molecule has 1 aliphatic heterocycles. The number of carbonyl (C=O) groups is 1. The Morgan fingerprint density at radius 3 is 2.53 bits per heavy atom. The summed E-state index contributed by atoms with van der Waals surface area (Å²) in [5, 5.41) is 13.5. The van der Waals surface area contributed by atoms with Gasteiger partial charge in [0.15, 0.2) is 0 Å². The lowest BCUT2D eigenvalue weighted by atomic mass is 10.1. The minimum atomic E-state index is -4.54. The molecule has 0 bridgehead atoms. The van der Waals surface area contributed by atoms with E-state index in [0.717, 1.165) is 61.3 Å². The van der Waals surface area contributed by atoms with Crippen LogP contribution >= 0.6 is 0 Å². The van der Waals surface area contributed by atoms with Gasteiger partial charge in [0, 0.05) is 73.4 Å². The number of aromatic nitrogens is 2. The summed E-state index contributed by atoms with van der Waals surface area (Å²) in [6.07, 6.45) is 2.85. The first-order chi connectivity index (χ1) is 18.1. The van der Waals surface area contributed by atoms with Crippen LogP contribution in [0.1, 0.15) is 27.0 Å². The number of nitrogens with one attached hydrogen (secondary N) is 3. The lowest BCUT2D eigenvalue weighted by Crippen LogP contribution is -2.44. The molecule has 0 radical (unpaired) electrons. The van der Waals surface area contributed by atoms with Gasteiger partial charge in [-0.15, -0.1) is 0 Å². The molecule has 1 saturated heterocycles. The Labute approximate surface area is 218 Å². The summed E-state index contributed by atoms with van der Waals surface area (Å²) in [6.45, 7) is 5.57. The molecule has 1 fully saturated rings. The van der Waals surface area contributed by atoms with Gasteiger partial charge in [-0.1, -0.05) is 6.07 Å². The average molecular weight is 524 g/mol. The van der Waals surface area contributed by atoms with Gasteiger partial charge in [-0.05, 0) is 49.9 Å². The molecule has 1 amide bonds. The van der Waals surface area contributed by atoms with Gasteiger partial charge in [-0.25, -0.2) is 4.98 Å². The SMILES string of the molecule is Cc1ccc(C(=O)Nc2cc(C(F)(F)F)ccn2)cc1N/C=C(\C=N)c1cncc(N2CCN(C)CC2)c1. The molecule has 0 saturated carbocycles. The summed E-state index contributed by atoms with van der Waals surface area (Å²) in [6, 6.07) is 8.52. The van der Waals surface area contributed by atoms with Crippen molar-refractivity contribution in [2.75, 3.05) is 48.8 Å². The number of aryl methyl sites for hydroxylation is 1. The number of hydrogen-bond acceptors (Lipinski definition) is 7. The van der Waals surface area contributed by atoms with Crippen molar-refractivity contribution in [1.29, 1.82) is 5.41 Å². The Kier molecular flexibility index (Phi) is 8.06. The van der Waals surface area contributed by atoms with Crippen molar-refractivity contribution < 1.29 is 18.0 Å². The molecular weight excluding hydrogens is 495 g/mol. The second-order valence-electron chi connectivity index (χ2n) is 9.02. The first-order valence-corrected chi connectivity index (χ1v) is 12.0. The fraction of sp³-hybridized carbons (Fsp3) is 0.259. The van der Waals surface area contributed by atoms with E-state index < -0.39 is 17.6 Å². The van der Waals surface area contributed by atoms with E-state index in [9.17, 15) is 18.0 Å². The van der Waals surface area contributed by atoms with E-state index >= 15 is 0 Å². The van der Waals surface area contributed by atoms with E-state index in [1.165, 1.54) is 6.21 Å².